The van der Waals surface area contributed by atoms with E-state index >= 15 is 0 Å². The van der Waals surface area contributed by atoms with Gasteiger partial charge >= 0.3 is 0 Å². The summed E-state index contributed by atoms with van der Waals surface area (Å²) in [6.45, 7) is 10.8. The highest BCUT2D eigenvalue weighted by Gasteiger charge is 2.24. The first-order chi connectivity index (χ1) is 8.80. The van der Waals surface area contributed by atoms with Gasteiger partial charge in [-0.2, -0.15) is 0 Å². The van der Waals surface area contributed by atoms with Crippen LogP contribution in [0.2, 0.25) is 0 Å². The van der Waals surface area contributed by atoms with Gasteiger partial charge in [0.15, 0.2) is 0 Å². The van der Waals surface area contributed by atoms with Gasteiger partial charge < -0.3 is 5.73 Å². The first-order valence-corrected chi connectivity index (χ1v) is 7.49. The molecule has 1 rings (SSSR count). The molecule has 1 atom stereocenters. The van der Waals surface area contributed by atoms with Crippen LogP contribution in [0.1, 0.15) is 39.3 Å². The molecule has 0 aliphatic heterocycles. The van der Waals surface area contributed by atoms with Crippen LogP contribution in [0.25, 0.3) is 0 Å². The normalized spacial score (nSPS) is 13.9. The zero-order chi connectivity index (χ0) is 14.6. The second-order valence-electron chi connectivity index (χ2n) is 5.77. The Kier molecular flexibility index (Phi) is 5.96. The number of rotatable bonds is 6. The lowest BCUT2D eigenvalue weighted by Gasteiger charge is -2.35. The monoisotopic (exact) mass is 330 g/mol. The van der Waals surface area contributed by atoms with Crippen molar-refractivity contribution >= 4 is 15.9 Å². The van der Waals surface area contributed by atoms with E-state index in [0.717, 1.165) is 23.1 Å². The fraction of sp³-hybridized carbons (Fsp3) is 0.600. The van der Waals surface area contributed by atoms with E-state index in [0.29, 0.717) is 6.54 Å². The number of nitrogens with two attached hydrogens (primary N) is 1. The van der Waals surface area contributed by atoms with Crippen LogP contribution in [-0.4, -0.2) is 24.5 Å². The van der Waals surface area contributed by atoms with Gasteiger partial charge in [-0.25, -0.2) is 4.39 Å². The minimum Gasteiger partial charge on any atom is -0.330 e. The van der Waals surface area contributed by atoms with Crippen LogP contribution in [0, 0.1) is 11.2 Å². The van der Waals surface area contributed by atoms with E-state index < -0.39 is 0 Å². The molecule has 0 aromatic heterocycles. The maximum atomic E-state index is 14.0. The molecule has 0 fully saturated rings. The lowest BCUT2D eigenvalue weighted by Crippen LogP contribution is -2.40. The van der Waals surface area contributed by atoms with Crippen molar-refractivity contribution < 1.29 is 4.39 Å². The van der Waals surface area contributed by atoms with Gasteiger partial charge in [0.2, 0.25) is 0 Å². The van der Waals surface area contributed by atoms with Crippen LogP contribution in [0.15, 0.2) is 22.7 Å². The highest BCUT2D eigenvalue weighted by Crippen LogP contribution is 2.28. The maximum Gasteiger partial charge on any atom is 0.129 e. The predicted molar refractivity (Wildman–Crippen MR) is 82.6 cm³/mol. The van der Waals surface area contributed by atoms with Crippen LogP contribution >= 0.6 is 15.9 Å². The lowest BCUT2D eigenvalue weighted by molar-refractivity contribution is 0.145. The van der Waals surface area contributed by atoms with Gasteiger partial charge in [-0.05, 0) is 37.6 Å². The Morgan fingerprint density at radius 3 is 2.53 bits per heavy atom. The third-order valence-electron chi connectivity index (χ3n) is 3.55. The van der Waals surface area contributed by atoms with Crippen LogP contribution in [0.5, 0.6) is 0 Å². The van der Waals surface area contributed by atoms with Crippen LogP contribution < -0.4 is 5.73 Å². The zero-order valence-corrected chi connectivity index (χ0v) is 13.8. The molecule has 0 radical (unpaired) electrons. The molecular formula is C15H24BrFN2. The van der Waals surface area contributed by atoms with E-state index in [4.69, 9.17) is 5.73 Å². The molecule has 0 amide bonds. The quantitative estimate of drug-likeness (QED) is 0.855. The Bertz CT molecular complexity index is 421. The molecule has 0 spiro atoms. The molecule has 0 saturated carbocycles. The largest absolute Gasteiger partial charge is 0.330 e. The van der Waals surface area contributed by atoms with Gasteiger partial charge in [0.05, 0.1) is 0 Å². The summed E-state index contributed by atoms with van der Waals surface area (Å²) in [5.41, 5.74) is 6.56. The molecule has 2 nitrogen and oxygen atoms in total. The lowest BCUT2D eigenvalue weighted by atomic mass is 9.92. The van der Waals surface area contributed by atoms with Crippen LogP contribution in [0.3, 0.4) is 0 Å². The summed E-state index contributed by atoms with van der Waals surface area (Å²) in [4.78, 5) is 2.26. The molecule has 19 heavy (non-hydrogen) atoms. The van der Waals surface area contributed by atoms with E-state index in [9.17, 15) is 4.39 Å². The number of hydrogen-bond donors (Lipinski definition) is 1. The molecule has 0 aliphatic carbocycles. The summed E-state index contributed by atoms with van der Waals surface area (Å²) in [5, 5.41) is 0. The van der Waals surface area contributed by atoms with Gasteiger partial charge in [-0.15, -0.1) is 0 Å². The highest BCUT2D eigenvalue weighted by atomic mass is 79.9. The van der Waals surface area contributed by atoms with Crippen molar-refractivity contribution in [3.63, 3.8) is 0 Å². The van der Waals surface area contributed by atoms with Crippen molar-refractivity contribution in [1.82, 2.24) is 4.90 Å². The molecule has 1 aromatic rings. The molecule has 0 aliphatic rings. The standard InChI is InChI=1S/C15H24BrFN2/c1-5-19(10-15(3,4)9-18)11(2)13-7-6-12(16)8-14(13)17/h6-8,11H,5,9-10,18H2,1-4H3. The van der Waals surface area contributed by atoms with E-state index in [-0.39, 0.29) is 17.3 Å². The smallest absolute Gasteiger partial charge is 0.129 e. The predicted octanol–water partition coefficient (Wildman–Crippen LogP) is 3.96. The van der Waals surface area contributed by atoms with Crippen LogP contribution in [-0.2, 0) is 0 Å². The van der Waals surface area contributed by atoms with Gasteiger partial charge in [-0.1, -0.05) is 42.8 Å². The topological polar surface area (TPSA) is 29.3 Å². The van der Waals surface area contributed by atoms with E-state index in [1.165, 1.54) is 6.07 Å². The molecule has 1 aromatic carbocycles. The summed E-state index contributed by atoms with van der Waals surface area (Å²) < 4.78 is 14.8. The zero-order valence-electron chi connectivity index (χ0n) is 12.2. The van der Waals surface area contributed by atoms with E-state index in [2.05, 4.69) is 41.6 Å². The van der Waals surface area contributed by atoms with Crippen LogP contribution in [0.4, 0.5) is 4.39 Å². The Hall–Kier alpha value is -0.450. The van der Waals surface area contributed by atoms with Gasteiger partial charge in [0.1, 0.15) is 5.82 Å². The number of benzene rings is 1. The first-order valence-electron chi connectivity index (χ1n) is 6.70. The molecule has 0 saturated heterocycles. The Labute approximate surface area is 124 Å². The molecular weight excluding hydrogens is 307 g/mol. The highest BCUT2D eigenvalue weighted by molar-refractivity contribution is 9.10. The SMILES string of the molecule is CCN(CC(C)(C)CN)C(C)c1ccc(Br)cc1F. The first kappa shape index (κ1) is 16.6. The third kappa shape index (κ3) is 4.55. The average Bonchev–Trinajstić information content (AvgIpc) is 2.35. The second kappa shape index (κ2) is 6.82. The maximum absolute atomic E-state index is 14.0. The summed E-state index contributed by atoms with van der Waals surface area (Å²) in [5.74, 6) is -0.161. The van der Waals surface area contributed by atoms with Gasteiger partial charge in [-0.3, -0.25) is 4.90 Å². The Morgan fingerprint density at radius 2 is 2.05 bits per heavy atom. The molecule has 4 heteroatoms. The summed E-state index contributed by atoms with van der Waals surface area (Å²) in [6, 6.07) is 5.30. The Balaban J connectivity index is 2.92. The minimum absolute atomic E-state index is 0.0378. The van der Waals surface area contributed by atoms with Crippen molar-refractivity contribution in [2.75, 3.05) is 19.6 Å². The van der Waals surface area contributed by atoms with Crippen molar-refractivity contribution in [1.29, 1.82) is 0 Å². The molecule has 2 N–H and O–H groups in total. The average molecular weight is 331 g/mol. The van der Waals surface area contributed by atoms with Crippen molar-refractivity contribution in [2.24, 2.45) is 11.1 Å². The minimum atomic E-state index is -0.161. The van der Waals surface area contributed by atoms with Gasteiger partial charge in [0, 0.05) is 22.6 Å². The molecule has 0 heterocycles. The number of nitrogens with zero attached hydrogens (tertiary/aromatic N) is 1. The number of hydrogen-bond acceptors (Lipinski definition) is 2. The third-order valence-corrected chi connectivity index (χ3v) is 4.04. The van der Waals surface area contributed by atoms with Crippen molar-refractivity contribution in [2.45, 2.75) is 33.7 Å². The summed E-state index contributed by atoms with van der Waals surface area (Å²) in [7, 11) is 0. The molecule has 1 unspecified atom stereocenters. The summed E-state index contributed by atoms with van der Waals surface area (Å²) >= 11 is 3.29. The fourth-order valence-electron chi connectivity index (χ4n) is 2.17. The van der Waals surface area contributed by atoms with Crippen molar-refractivity contribution in [3.8, 4) is 0 Å². The molecule has 108 valence electrons. The fourth-order valence-corrected chi connectivity index (χ4v) is 2.51. The Morgan fingerprint density at radius 1 is 1.42 bits per heavy atom. The number of halogens is 2. The molecule has 0 bridgehead atoms. The van der Waals surface area contributed by atoms with E-state index in [1.54, 1.807) is 0 Å². The summed E-state index contributed by atoms with van der Waals surface area (Å²) in [6.07, 6.45) is 0. The van der Waals surface area contributed by atoms with Crippen molar-refractivity contribution in [3.05, 3.63) is 34.1 Å². The van der Waals surface area contributed by atoms with E-state index in [1.807, 2.05) is 19.1 Å². The second-order valence-corrected chi connectivity index (χ2v) is 6.69. The van der Waals surface area contributed by atoms with Gasteiger partial charge in [0.25, 0.3) is 0 Å².